The van der Waals surface area contributed by atoms with Gasteiger partial charge in [0.1, 0.15) is 12.1 Å². The fourth-order valence-corrected chi connectivity index (χ4v) is 2.61. The summed E-state index contributed by atoms with van der Waals surface area (Å²) < 4.78 is 1.81. The summed E-state index contributed by atoms with van der Waals surface area (Å²) in [6.45, 7) is 1.67. The molecule has 0 unspecified atom stereocenters. The van der Waals surface area contributed by atoms with Gasteiger partial charge in [-0.2, -0.15) is 5.10 Å². The van der Waals surface area contributed by atoms with Crippen molar-refractivity contribution in [3.8, 4) is 0 Å². The van der Waals surface area contributed by atoms with Gasteiger partial charge in [-0.1, -0.05) is 0 Å². The first kappa shape index (κ1) is 12.3. The van der Waals surface area contributed by atoms with Gasteiger partial charge in [0.05, 0.1) is 17.8 Å². The van der Waals surface area contributed by atoms with Gasteiger partial charge in [0.2, 0.25) is 0 Å². The fourth-order valence-electron chi connectivity index (χ4n) is 2.61. The highest BCUT2D eigenvalue weighted by atomic mass is 16.1. The minimum atomic E-state index is -0.442. The smallest absolute Gasteiger partial charge is 0.251 e. The second-order valence-corrected chi connectivity index (χ2v) is 5.71. The summed E-state index contributed by atoms with van der Waals surface area (Å²) in [4.78, 5) is 22.0. The third-order valence-electron chi connectivity index (χ3n) is 4.12. The predicted octanol–water partition coefficient (Wildman–Crippen LogP) is 0.711. The lowest BCUT2D eigenvalue weighted by molar-refractivity contribution is 0.1000. The molecule has 2 aromatic rings. The summed E-state index contributed by atoms with van der Waals surface area (Å²) >= 11 is 0. The number of aromatic nitrogens is 4. The number of rotatable bonds is 4. The molecular weight excluding hydrogens is 268 g/mol. The van der Waals surface area contributed by atoms with Crippen LogP contribution in [0.3, 0.4) is 0 Å². The average Bonchev–Trinajstić information content (AvgIpc) is 3.16. The Hall–Kier alpha value is -2.44. The Morgan fingerprint density at radius 2 is 2.10 bits per heavy atom. The lowest BCUT2D eigenvalue weighted by atomic mass is 10.1. The molecule has 2 aliphatic rings. The number of nitrogens with two attached hydrogens (primary N) is 1. The van der Waals surface area contributed by atoms with Gasteiger partial charge in [-0.3, -0.25) is 9.48 Å². The first-order chi connectivity index (χ1) is 10.2. The van der Waals surface area contributed by atoms with Gasteiger partial charge in [0.15, 0.2) is 0 Å². The van der Waals surface area contributed by atoms with E-state index in [4.69, 9.17) is 5.73 Å². The van der Waals surface area contributed by atoms with E-state index in [1.807, 2.05) is 0 Å². The Morgan fingerprint density at radius 3 is 2.76 bits per heavy atom. The minimum Gasteiger partial charge on any atom is -0.366 e. The van der Waals surface area contributed by atoms with Crippen molar-refractivity contribution in [2.75, 3.05) is 18.0 Å². The predicted molar refractivity (Wildman–Crippen MR) is 76.0 cm³/mol. The van der Waals surface area contributed by atoms with Crippen LogP contribution in [-0.4, -0.2) is 38.7 Å². The molecule has 0 aromatic carbocycles. The van der Waals surface area contributed by atoms with Crippen molar-refractivity contribution < 1.29 is 4.79 Å². The monoisotopic (exact) mass is 284 g/mol. The number of anilines is 1. The molecule has 1 amide bonds. The quantitative estimate of drug-likeness (QED) is 0.893. The van der Waals surface area contributed by atoms with Crippen molar-refractivity contribution in [1.82, 2.24) is 19.7 Å². The number of carbonyl (C=O) groups excluding carboxylic acids is 1. The van der Waals surface area contributed by atoms with Crippen LogP contribution in [0.4, 0.5) is 5.82 Å². The van der Waals surface area contributed by atoms with E-state index in [0.29, 0.717) is 11.5 Å². The molecule has 7 nitrogen and oxygen atoms in total. The summed E-state index contributed by atoms with van der Waals surface area (Å²) in [6.07, 6.45) is 7.35. The molecule has 7 heteroatoms. The number of carbonyl (C=O) groups is 1. The van der Waals surface area contributed by atoms with Crippen molar-refractivity contribution in [1.29, 1.82) is 0 Å². The first-order valence-corrected chi connectivity index (χ1v) is 7.11. The van der Waals surface area contributed by atoms with E-state index in [2.05, 4.69) is 26.0 Å². The lowest BCUT2D eigenvalue weighted by Gasteiger charge is -2.40. The van der Waals surface area contributed by atoms with Crippen molar-refractivity contribution in [2.24, 2.45) is 5.73 Å². The number of hydrogen-bond donors (Lipinski definition) is 1. The molecule has 0 spiro atoms. The van der Waals surface area contributed by atoms with Crippen LogP contribution in [-0.2, 0) is 0 Å². The van der Waals surface area contributed by atoms with Crippen molar-refractivity contribution in [3.63, 3.8) is 0 Å². The van der Waals surface area contributed by atoms with Crippen LogP contribution >= 0.6 is 0 Å². The summed E-state index contributed by atoms with van der Waals surface area (Å²) in [5.74, 6) is 1.17. The highest BCUT2D eigenvalue weighted by molar-refractivity contribution is 5.92. The van der Waals surface area contributed by atoms with E-state index in [1.54, 1.807) is 17.2 Å². The van der Waals surface area contributed by atoms with Crippen molar-refractivity contribution >= 4 is 11.7 Å². The molecule has 2 N–H and O–H groups in total. The van der Waals surface area contributed by atoms with Gasteiger partial charge in [-0.15, -0.1) is 0 Å². The Bertz CT molecular complexity index is 686. The maximum absolute atomic E-state index is 11.1. The summed E-state index contributed by atoms with van der Waals surface area (Å²) in [5, 5.41) is 4.20. The van der Waals surface area contributed by atoms with Crippen LogP contribution in [0.1, 0.15) is 40.9 Å². The molecule has 1 saturated carbocycles. The number of primary amides is 1. The molecule has 1 aliphatic heterocycles. The molecule has 2 fully saturated rings. The first-order valence-electron chi connectivity index (χ1n) is 7.11. The third-order valence-corrected chi connectivity index (χ3v) is 4.12. The molecule has 21 heavy (non-hydrogen) atoms. The molecule has 1 aliphatic carbocycles. The summed E-state index contributed by atoms with van der Waals surface area (Å²) in [5.41, 5.74) is 6.84. The second kappa shape index (κ2) is 4.54. The number of nitrogens with zero attached hydrogens (tertiary/aromatic N) is 5. The number of hydrogen-bond acceptors (Lipinski definition) is 5. The normalized spacial score (nSPS) is 18.6. The zero-order valence-electron chi connectivity index (χ0n) is 11.5. The standard InChI is InChI=1S/C14H16N6O/c15-14(21)10-4-18-20(5-10)11-6-19(7-11)13-3-12(9-1-2-9)16-8-17-13/h3-5,8-9,11H,1-2,6-7H2,(H2,15,21). The average molecular weight is 284 g/mol. The Kier molecular flexibility index (Phi) is 2.66. The van der Waals surface area contributed by atoms with Crippen LogP contribution in [0.5, 0.6) is 0 Å². The lowest BCUT2D eigenvalue weighted by Crippen LogP contribution is -2.48. The van der Waals surface area contributed by atoms with E-state index in [-0.39, 0.29) is 6.04 Å². The highest BCUT2D eigenvalue weighted by Crippen LogP contribution is 2.40. The minimum absolute atomic E-state index is 0.262. The molecule has 4 rings (SSSR count). The Balaban J connectivity index is 1.44. The summed E-state index contributed by atoms with van der Waals surface area (Å²) in [7, 11) is 0. The van der Waals surface area contributed by atoms with Gasteiger partial charge in [-0.05, 0) is 12.8 Å². The van der Waals surface area contributed by atoms with Crippen LogP contribution in [0.25, 0.3) is 0 Å². The van der Waals surface area contributed by atoms with Crippen LogP contribution < -0.4 is 10.6 Å². The third kappa shape index (κ3) is 2.24. The molecule has 0 bridgehead atoms. The molecule has 1 saturated heterocycles. The van der Waals surface area contributed by atoms with Crippen molar-refractivity contribution in [3.05, 3.63) is 36.0 Å². The van der Waals surface area contributed by atoms with E-state index < -0.39 is 5.91 Å². The maximum Gasteiger partial charge on any atom is 0.251 e. The molecule has 3 heterocycles. The van der Waals surface area contributed by atoms with Crippen LogP contribution in [0.15, 0.2) is 24.8 Å². The second-order valence-electron chi connectivity index (χ2n) is 5.71. The van der Waals surface area contributed by atoms with E-state index in [0.717, 1.165) is 24.6 Å². The van der Waals surface area contributed by atoms with Gasteiger partial charge >= 0.3 is 0 Å². The topological polar surface area (TPSA) is 89.9 Å². The number of amides is 1. The van der Waals surface area contributed by atoms with Crippen LogP contribution in [0, 0.1) is 0 Å². The van der Waals surface area contributed by atoms with Crippen LogP contribution in [0.2, 0.25) is 0 Å². The zero-order valence-corrected chi connectivity index (χ0v) is 11.5. The largest absolute Gasteiger partial charge is 0.366 e. The maximum atomic E-state index is 11.1. The van der Waals surface area contributed by atoms with E-state index in [9.17, 15) is 4.79 Å². The van der Waals surface area contributed by atoms with Gasteiger partial charge in [0.25, 0.3) is 5.91 Å². The van der Waals surface area contributed by atoms with E-state index in [1.165, 1.54) is 19.0 Å². The Morgan fingerprint density at radius 1 is 1.29 bits per heavy atom. The fraction of sp³-hybridized carbons (Fsp3) is 0.429. The molecule has 108 valence electrons. The SMILES string of the molecule is NC(=O)c1cnn(C2CN(c3cc(C4CC4)ncn3)C2)c1. The highest BCUT2D eigenvalue weighted by Gasteiger charge is 2.31. The molecular formula is C14H16N6O. The Labute approximate surface area is 121 Å². The van der Waals surface area contributed by atoms with Gasteiger partial charge in [-0.25, -0.2) is 9.97 Å². The zero-order chi connectivity index (χ0) is 14.4. The summed E-state index contributed by atoms with van der Waals surface area (Å²) in [6, 6.07) is 2.35. The van der Waals surface area contributed by atoms with Crippen molar-refractivity contribution in [2.45, 2.75) is 24.8 Å². The van der Waals surface area contributed by atoms with Gasteiger partial charge in [0, 0.05) is 37.0 Å². The molecule has 2 aromatic heterocycles. The van der Waals surface area contributed by atoms with Gasteiger partial charge < -0.3 is 10.6 Å². The van der Waals surface area contributed by atoms with E-state index >= 15 is 0 Å². The molecule has 0 atom stereocenters. The molecule has 0 radical (unpaired) electrons.